The number of benzene rings is 3. The highest BCUT2D eigenvalue weighted by Gasteiger charge is 2.39. The molecule has 3 aromatic carbocycles. The predicted molar refractivity (Wildman–Crippen MR) is 208 cm³/mol. The minimum Gasteiger partial charge on any atom is -0.492 e. The molecule has 4 rings (SSSR count). The Morgan fingerprint density at radius 3 is 2.51 bits per heavy atom. The first-order valence-electron chi connectivity index (χ1n) is 18.3. The van der Waals surface area contributed by atoms with Crippen LogP contribution in [0.2, 0.25) is 5.02 Å². The lowest BCUT2D eigenvalue weighted by Crippen LogP contribution is -2.54. The summed E-state index contributed by atoms with van der Waals surface area (Å²) in [5.74, 6) is 0.225. The second kappa shape index (κ2) is 21.7. The van der Waals surface area contributed by atoms with E-state index in [-0.39, 0.29) is 41.1 Å². The van der Waals surface area contributed by atoms with Gasteiger partial charge in [0.05, 0.1) is 29.0 Å². The molecule has 0 aromatic heterocycles. The van der Waals surface area contributed by atoms with Gasteiger partial charge in [0.15, 0.2) is 12.2 Å². The zero-order valence-corrected chi connectivity index (χ0v) is 31.2. The number of aliphatic hydroxyl groups is 3. The lowest BCUT2D eigenvalue weighted by molar-refractivity contribution is -0.283. The molecule has 13 nitrogen and oxygen atoms in total. The standard InChI is InChI=1S/C39H55ClN6O7/c1-2-3-4-10-19-46(24-33(47)35(49)36-34(48)25-52-38(53-36)27-12-6-5-7-13-27)20-21-51-28-16-14-26(15-17-28)11-8-9-18-44-39(43)45-37(50)29-22-30(40)32(42)23-31(29)41/h5-7,12-17,22-23,33-36,38,47-49H,2-4,8-11,18-21,24-25,41-42H2,1H3,(H3,43,44,45,50)/t33-,34+,35+,36+,38?/m0/s1. The minimum absolute atomic E-state index is 0.00169. The van der Waals surface area contributed by atoms with Crippen LogP contribution in [0.5, 0.6) is 5.75 Å². The molecule has 1 heterocycles. The highest BCUT2D eigenvalue weighted by Crippen LogP contribution is 2.29. The number of ether oxygens (including phenoxy) is 3. The molecular weight excluding hydrogens is 700 g/mol. The summed E-state index contributed by atoms with van der Waals surface area (Å²) in [6, 6.07) is 20.1. The second-order valence-corrected chi connectivity index (χ2v) is 13.7. The molecule has 0 bridgehead atoms. The zero-order valence-electron chi connectivity index (χ0n) is 30.4. The number of rotatable bonds is 20. The number of guanidine groups is 1. The molecule has 1 fully saturated rings. The van der Waals surface area contributed by atoms with Crippen LogP contribution in [-0.4, -0.2) is 95.9 Å². The summed E-state index contributed by atoms with van der Waals surface area (Å²) < 4.78 is 17.6. The average molecular weight is 755 g/mol. The van der Waals surface area contributed by atoms with Crippen LogP contribution in [0.1, 0.15) is 73.2 Å². The molecule has 290 valence electrons. The van der Waals surface area contributed by atoms with Crippen molar-refractivity contribution in [2.24, 2.45) is 10.7 Å². The van der Waals surface area contributed by atoms with Crippen molar-refractivity contribution in [3.63, 3.8) is 0 Å². The fraction of sp³-hybridized carbons (Fsp3) is 0.487. The van der Waals surface area contributed by atoms with Gasteiger partial charge in [0.1, 0.15) is 30.7 Å². The number of nitrogen functional groups attached to an aromatic ring is 2. The summed E-state index contributed by atoms with van der Waals surface area (Å²) in [5.41, 5.74) is 20.1. The average Bonchev–Trinajstić information content (AvgIpc) is 3.15. The summed E-state index contributed by atoms with van der Waals surface area (Å²) >= 11 is 6.01. The third-order valence-corrected chi connectivity index (χ3v) is 9.39. The molecule has 10 N–H and O–H groups in total. The maximum Gasteiger partial charge on any atom is 0.260 e. The van der Waals surface area contributed by atoms with E-state index in [1.807, 2.05) is 54.6 Å². The number of unbranched alkanes of at least 4 members (excludes halogenated alkanes) is 4. The minimum atomic E-state index is -1.31. The molecule has 3 aromatic rings. The number of carbonyl (C=O) groups excluding carboxylic acids is 1. The molecule has 1 unspecified atom stereocenters. The molecule has 14 heteroatoms. The van der Waals surface area contributed by atoms with E-state index < -0.39 is 36.6 Å². The number of nitrogens with one attached hydrogen (secondary N) is 1. The van der Waals surface area contributed by atoms with Crippen molar-refractivity contribution in [2.45, 2.75) is 82.6 Å². The molecule has 0 radical (unpaired) electrons. The number of nitrogens with two attached hydrogens (primary N) is 3. The Kier molecular flexibility index (Phi) is 17.1. The van der Waals surface area contributed by atoms with Gasteiger partial charge in [0.2, 0.25) is 0 Å². The van der Waals surface area contributed by atoms with Crippen molar-refractivity contribution in [1.29, 1.82) is 0 Å². The van der Waals surface area contributed by atoms with Crippen LogP contribution in [0.4, 0.5) is 11.4 Å². The zero-order chi connectivity index (χ0) is 38.2. The van der Waals surface area contributed by atoms with Gasteiger partial charge in [-0.05, 0) is 62.1 Å². The van der Waals surface area contributed by atoms with Gasteiger partial charge in [0.25, 0.3) is 5.91 Å². The third kappa shape index (κ3) is 13.4. The Labute approximate surface area is 317 Å². The van der Waals surface area contributed by atoms with E-state index in [2.05, 4.69) is 22.1 Å². The molecule has 1 saturated heterocycles. The van der Waals surface area contributed by atoms with Gasteiger partial charge in [-0.15, -0.1) is 0 Å². The second-order valence-electron chi connectivity index (χ2n) is 13.3. The monoisotopic (exact) mass is 754 g/mol. The maximum atomic E-state index is 12.5. The first kappa shape index (κ1) is 41.8. The number of nitrogens with zero attached hydrogens (tertiary/aromatic N) is 2. The van der Waals surface area contributed by atoms with Crippen LogP contribution in [-0.2, 0) is 15.9 Å². The molecule has 53 heavy (non-hydrogen) atoms. The number of aryl methyl sites for hydroxylation is 1. The smallest absolute Gasteiger partial charge is 0.260 e. The number of carbonyl (C=O) groups is 1. The van der Waals surface area contributed by atoms with E-state index in [9.17, 15) is 20.1 Å². The molecular formula is C39H55ClN6O7. The van der Waals surface area contributed by atoms with Crippen molar-refractivity contribution in [2.75, 3.05) is 50.9 Å². The molecule has 1 aliphatic heterocycles. The van der Waals surface area contributed by atoms with Gasteiger partial charge in [-0.2, -0.15) is 0 Å². The Morgan fingerprint density at radius 2 is 1.77 bits per heavy atom. The topological polar surface area (TPSA) is 211 Å². The van der Waals surface area contributed by atoms with E-state index >= 15 is 0 Å². The van der Waals surface area contributed by atoms with Crippen LogP contribution in [0.15, 0.2) is 71.7 Å². The lowest BCUT2D eigenvalue weighted by Gasteiger charge is -2.38. The fourth-order valence-corrected chi connectivity index (χ4v) is 6.17. The number of hydrogen-bond donors (Lipinski definition) is 7. The Morgan fingerprint density at radius 1 is 1.02 bits per heavy atom. The molecule has 5 atom stereocenters. The molecule has 0 aliphatic carbocycles. The van der Waals surface area contributed by atoms with Gasteiger partial charge in [0, 0.05) is 30.9 Å². The van der Waals surface area contributed by atoms with Gasteiger partial charge >= 0.3 is 0 Å². The van der Waals surface area contributed by atoms with E-state index in [4.69, 9.17) is 43.0 Å². The Bertz CT molecular complexity index is 1580. The van der Waals surface area contributed by atoms with E-state index in [0.717, 1.165) is 68.4 Å². The van der Waals surface area contributed by atoms with Gasteiger partial charge in [-0.3, -0.25) is 20.0 Å². The van der Waals surface area contributed by atoms with Crippen LogP contribution in [0.3, 0.4) is 0 Å². The summed E-state index contributed by atoms with van der Waals surface area (Å²) in [6.45, 7) is 4.49. The summed E-state index contributed by atoms with van der Waals surface area (Å²) in [4.78, 5) is 18.8. The van der Waals surface area contributed by atoms with E-state index in [1.165, 1.54) is 12.1 Å². The number of aliphatic imine (C=N–C) groups is 1. The normalized spacial score (nSPS) is 18.8. The van der Waals surface area contributed by atoms with Crippen LogP contribution >= 0.6 is 11.6 Å². The van der Waals surface area contributed by atoms with Crippen molar-refractivity contribution in [1.82, 2.24) is 10.2 Å². The first-order valence-corrected chi connectivity index (χ1v) is 18.7. The summed E-state index contributed by atoms with van der Waals surface area (Å²) in [6.07, 6.45) is 1.48. The predicted octanol–water partition coefficient (Wildman–Crippen LogP) is 4.03. The van der Waals surface area contributed by atoms with Crippen molar-refractivity contribution < 1.29 is 34.3 Å². The number of anilines is 2. The summed E-state index contributed by atoms with van der Waals surface area (Å²) in [5, 5.41) is 35.5. The quantitative estimate of drug-likeness (QED) is 0.0379. The number of hydrogen-bond acceptors (Lipinski definition) is 11. The van der Waals surface area contributed by atoms with Crippen molar-refractivity contribution in [3.8, 4) is 5.75 Å². The van der Waals surface area contributed by atoms with E-state index in [1.54, 1.807) is 0 Å². The Hall–Kier alpha value is -3.95. The third-order valence-electron chi connectivity index (χ3n) is 9.06. The van der Waals surface area contributed by atoms with Crippen LogP contribution in [0.25, 0.3) is 0 Å². The van der Waals surface area contributed by atoms with Gasteiger partial charge in [-0.25, -0.2) is 0 Å². The highest BCUT2D eigenvalue weighted by molar-refractivity contribution is 6.33. The highest BCUT2D eigenvalue weighted by atomic mass is 35.5. The molecule has 1 aliphatic rings. The van der Waals surface area contributed by atoms with Gasteiger partial charge in [-0.1, -0.05) is 80.3 Å². The number of amides is 1. The van der Waals surface area contributed by atoms with Gasteiger partial charge < -0.3 is 46.7 Å². The number of halogens is 1. The lowest BCUT2D eigenvalue weighted by atomic mass is 10.0. The molecule has 0 saturated carbocycles. The van der Waals surface area contributed by atoms with Crippen LogP contribution in [0, 0.1) is 0 Å². The largest absolute Gasteiger partial charge is 0.492 e. The summed E-state index contributed by atoms with van der Waals surface area (Å²) in [7, 11) is 0. The SMILES string of the molecule is CCCCCCN(CCOc1ccc(CCCCN=C(N)NC(=O)c2cc(Cl)c(N)cc2N)cc1)C[C@H](O)[C@@H](O)[C@@H]1OC(c2ccccc2)OC[C@H]1O. The fourth-order valence-electron chi connectivity index (χ4n) is 6.01. The first-order chi connectivity index (χ1) is 25.5. The van der Waals surface area contributed by atoms with Crippen molar-refractivity contribution in [3.05, 3.63) is 88.4 Å². The molecule has 1 amide bonds. The van der Waals surface area contributed by atoms with E-state index in [0.29, 0.717) is 19.7 Å². The maximum absolute atomic E-state index is 12.5. The van der Waals surface area contributed by atoms with Crippen molar-refractivity contribution >= 4 is 34.8 Å². The Balaban J connectivity index is 1.19. The number of aliphatic hydroxyl groups excluding tert-OH is 3. The van der Waals surface area contributed by atoms with Crippen LogP contribution < -0.4 is 27.3 Å². The molecule has 0 spiro atoms.